The first-order chi connectivity index (χ1) is 7.24. The van der Waals surface area contributed by atoms with Crippen LogP contribution < -0.4 is 10.6 Å². The van der Waals surface area contributed by atoms with Gasteiger partial charge in [-0.1, -0.05) is 6.92 Å². The van der Waals surface area contributed by atoms with Gasteiger partial charge in [-0.15, -0.1) is 0 Å². The highest BCUT2D eigenvalue weighted by Crippen LogP contribution is 2.25. The van der Waals surface area contributed by atoms with Gasteiger partial charge < -0.3 is 10.6 Å². The number of rotatable bonds is 5. The van der Waals surface area contributed by atoms with Crippen molar-refractivity contribution in [1.82, 2.24) is 4.98 Å². The molecule has 1 rings (SSSR count). The Kier molecular flexibility index (Phi) is 4.56. The third kappa shape index (κ3) is 2.69. The Morgan fingerprint density at radius 3 is 2.60 bits per heavy atom. The second kappa shape index (κ2) is 5.71. The molecule has 1 aromatic rings. The quantitative estimate of drug-likeness (QED) is 0.803. The van der Waals surface area contributed by atoms with Gasteiger partial charge in [0.2, 0.25) is 0 Å². The third-order valence-electron chi connectivity index (χ3n) is 2.82. The summed E-state index contributed by atoms with van der Waals surface area (Å²) in [5.41, 5.74) is 8.23. The van der Waals surface area contributed by atoms with Crippen molar-refractivity contribution in [3.8, 4) is 0 Å². The summed E-state index contributed by atoms with van der Waals surface area (Å²) < 4.78 is 0. The minimum absolute atomic E-state index is 0.370. The maximum absolute atomic E-state index is 5.71. The van der Waals surface area contributed by atoms with E-state index in [1.807, 2.05) is 12.4 Å². The molecule has 1 heterocycles. The second-order valence-corrected chi connectivity index (χ2v) is 3.74. The molecule has 1 unspecified atom stereocenters. The fourth-order valence-corrected chi connectivity index (χ4v) is 1.76. The predicted molar refractivity (Wildman–Crippen MR) is 65.3 cm³/mol. The van der Waals surface area contributed by atoms with Gasteiger partial charge in [0.1, 0.15) is 0 Å². The van der Waals surface area contributed by atoms with E-state index in [4.69, 9.17) is 5.73 Å². The van der Waals surface area contributed by atoms with E-state index < -0.39 is 0 Å². The number of anilines is 1. The Hall–Kier alpha value is -1.09. The van der Waals surface area contributed by atoms with Gasteiger partial charge >= 0.3 is 0 Å². The standard InChI is InChI=1S/C12H21N3/c1-4-15(5-2)12-6-7-14-9-11(12)10(3)8-13/h6-7,9-10H,4-5,8,13H2,1-3H3. The topological polar surface area (TPSA) is 42.2 Å². The van der Waals surface area contributed by atoms with Crippen molar-refractivity contribution in [2.45, 2.75) is 26.7 Å². The van der Waals surface area contributed by atoms with Crippen molar-refractivity contribution in [2.24, 2.45) is 5.73 Å². The SMILES string of the molecule is CCN(CC)c1ccncc1C(C)CN. The van der Waals surface area contributed by atoms with Crippen LogP contribution in [-0.2, 0) is 0 Å². The molecule has 3 nitrogen and oxygen atoms in total. The van der Waals surface area contributed by atoms with Gasteiger partial charge in [0.15, 0.2) is 0 Å². The lowest BCUT2D eigenvalue weighted by atomic mass is 10.0. The molecule has 0 aliphatic heterocycles. The summed E-state index contributed by atoms with van der Waals surface area (Å²) in [6.07, 6.45) is 3.78. The van der Waals surface area contributed by atoms with Crippen LogP contribution in [0.3, 0.4) is 0 Å². The average molecular weight is 207 g/mol. The van der Waals surface area contributed by atoms with E-state index >= 15 is 0 Å². The maximum atomic E-state index is 5.71. The molecule has 3 heteroatoms. The predicted octanol–water partition coefficient (Wildman–Crippen LogP) is 1.99. The first-order valence-electron chi connectivity index (χ1n) is 5.63. The van der Waals surface area contributed by atoms with Gasteiger partial charge in [0.05, 0.1) is 0 Å². The zero-order valence-corrected chi connectivity index (χ0v) is 9.90. The zero-order chi connectivity index (χ0) is 11.3. The molecule has 0 amide bonds. The van der Waals surface area contributed by atoms with Crippen LogP contribution in [0.5, 0.6) is 0 Å². The summed E-state index contributed by atoms with van der Waals surface area (Å²) in [6, 6.07) is 2.08. The van der Waals surface area contributed by atoms with Crippen LogP contribution >= 0.6 is 0 Å². The molecule has 1 atom stereocenters. The van der Waals surface area contributed by atoms with Crippen molar-refractivity contribution in [3.05, 3.63) is 24.0 Å². The van der Waals surface area contributed by atoms with E-state index in [-0.39, 0.29) is 0 Å². The van der Waals surface area contributed by atoms with Crippen molar-refractivity contribution < 1.29 is 0 Å². The van der Waals surface area contributed by atoms with Crippen LogP contribution in [0.4, 0.5) is 5.69 Å². The minimum Gasteiger partial charge on any atom is -0.372 e. The number of aromatic nitrogens is 1. The maximum Gasteiger partial charge on any atom is 0.0432 e. The van der Waals surface area contributed by atoms with Crippen LogP contribution in [-0.4, -0.2) is 24.6 Å². The Morgan fingerprint density at radius 2 is 2.07 bits per heavy atom. The lowest BCUT2D eigenvalue weighted by Crippen LogP contribution is -2.24. The van der Waals surface area contributed by atoms with E-state index in [9.17, 15) is 0 Å². The normalized spacial score (nSPS) is 12.5. The lowest BCUT2D eigenvalue weighted by molar-refractivity contribution is 0.754. The van der Waals surface area contributed by atoms with Gasteiger partial charge in [-0.3, -0.25) is 4.98 Å². The van der Waals surface area contributed by atoms with Crippen LogP contribution in [0.1, 0.15) is 32.3 Å². The Labute approximate surface area is 92.3 Å². The summed E-state index contributed by atoms with van der Waals surface area (Å²) in [5.74, 6) is 0.370. The van der Waals surface area contributed by atoms with Crippen LogP contribution in [0.2, 0.25) is 0 Å². The molecule has 2 N–H and O–H groups in total. The molecule has 15 heavy (non-hydrogen) atoms. The Bertz CT molecular complexity index is 295. The van der Waals surface area contributed by atoms with E-state index in [2.05, 4.69) is 36.7 Å². The monoisotopic (exact) mass is 207 g/mol. The molecule has 0 saturated carbocycles. The van der Waals surface area contributed by atoms with Gasteiger partial charge in [-0.25, -0.2) is 0 Å². The third-order valence-corrected chi connectivity index (χ3v) is 2.82. The van der Waals surface area contributed by atoms with E-state index in [0.29, 0.717) is 12.5 Å². The first kappa shape index (κ1) is 12.0. The molecular weight excluding hydrogens is 186 g/mol. The molecule has 0 aliphatic rings. The molecular formula is C12H21N3. The van der Waals surface area contributed by atoms with E-state index in [1.165, 1.54) is 11.3 Å². The number of nitrogens with two attached hydrogens (primary N) is 1. The largest absolute Gasteiger partial charge is 0.372 e. The molecule has 0 radical (unpaired) electrons. The highest BCUT2D eigenvalue weighted by molar-refractivity contribution is 5.53. The first-order valence-corrected chi connectivity index (χ1v) is 5.63. The number of hydrogen-bond acceptors (Lipinski definition) is 3. The smallest absolute Gasteiger partial charge is 0.0432 e. The number of pyridine rings is 1. The van der Waals surface area contributed by atoms with Crippen molar-refractivity contribution >= 4 is 5.69 Å². The van der Waals surface area contributed by atoms with Gasteiger partial charge in [0, 0.05) is 31.2 Å². The molecule has 0 saturated heterocycles. The average Bonchev–Trinajstić information content (AvgIpc) is 2.30. The summed E-state index contributed by atoms with van der Waals surface area (Å²) in [4.78, 5) is 6.52. The fourth-order valence-electron chi connectivity index (χ4n) is 1.76. The van der Waals surface area contributed by atoms with Crippen molar-refractivity contribution in [3.63, 3.8) is 0 Å². The fraction of sp³-hybridized carbons (Fsp3) is 0.583. The molecule has 1 aromatic heterocycles. The summed E-state index contributed by atoms with van der Waals surface area (Å²) >= 11 is 0. The highest BCUT2D eigenvalue weighted by Gasteiger charge is 2.12. The Balaban J connectivity index is 3.04. The van der Waals surface area contributed by atoms with Crippen molar-refractivity contribution in [1.29, 1.82) is 0 Å². The summed E-state index contributed by atoms with van der Waals surface area (Å²) in [6.45, 7) is 9.18. The molecule has 0 aromatic carbocycles. The van der Waals surface area contributed by atoms with Gasteiger partial charge in [-0.05, 0) is 37.9 Å². The van der Waals surface area contributed by atoms with E-state index in [0.717, 1.165) is 13.1 Å². The van der Waals surface area contributed by atoms with Crippen LogP contribution in [0.15, 0.2) is 18.5 Å². The molecule has 84 valence electrons. The molecule has 0 spiro atoms. The molecule has 0 aliphatic carbocycles. The van der Waals surface area contributed by atoms with Crippen LogP contribution in [0, 0.1) is 0 Å². The number of nitrogens with zero attached hydrogens (tertiary/aromatic N) is 2. The lowest BCUT2D eigenvalue weighted by Gasteiger charge is -2.25. The van der Waals surface area contributed by atoms with Crippen molar-refractivity contribution in [2.75, 3.05) is 24.5 Å². The highest BCUT2D eigenvalue weighted by atomic mass is 15.1. The van der Waals surface area contributed by atoms with E-state index in [1.54, 1.807) is 0 Å². The Morgan fingerprint density at radius 1 is 1.40 bits per heavy atom. The van der Waals surface area contributed by atoms with Gasteiger partial charge in [0.25, 0.3) is 0 Å². The van der Waals surface area contributed by atoms with Crippen LogP contribution in [0.25, 0.3) is 0 Å². The molecule has 0 fully saturated rings. The minimum atomic E-state index is 0.370. The van der Waals surface area contributed by atoms with Gasteiger partial charge in [-0.2, -0.15) is 0 Å². The summed E-state index contributed by atoms with van der Waals surface area (Å²) in [5, 5.41) is 0. The second-order valence-electron chi connectivity index (χ2n) is 3.74. The number of hydrogen-bond donors (Lipinski definition) is 1. The summed E-state index contributed by atoms with van der Waals surface area (Å²) in [7, 11) is 0. The molecule has 0 bridgehead atoms. The zero-order valence-electron chi connectivity index (χ0n) is 9.90.